The molecule has 2 aromatic rings. The van der Waals surface area contributed by atoms with Crippen LogP contribution in [0.2, 0.25) is 0 Å². The number of hydrogen-bond donors (Lipinski definition) is 0. The van der Waals surface area contributed by atoms with E-state index in [1.807, 2.05) is 42.5 Å². The van der Waals surface area contributed by atoms with Crippen LogP contribution in [0.25, 0.3) is 0 Å². The topological polar surface area (TPSA) is 44.8 Å². The van der Waals surface area contributed by atoms with E-state index in [1.165, 1.54) is 0 Å². The Morgan fingerprint density at radius 1 is 1.19 bits per heavy atom. The Hall–Kier alpha value is -2.49. The predicted octanol–water partition coefficient (Wildman–Crippen LogP) is 2.95. The highest BCUT2D eigenvalue weighted by Gasteiger charge is 2.19. The zero-order valence-electron chi connectivity index (χ0n) is 11.7. The maximum Gasteiger partial charge on any atom is 0.231 e. The summed E-state index contributed by atoms with van der Waals surface area (Å²) in [6, 6.07) is 13.4. The highest BCUT2D eigenvalue weighted by molar-refractivity contribution is 5.64. The SMILES string of the molecule is COc1ccccc1CC(C=O)c1ccc2c(c1)OCO2. The molecule has 0 saturated carbocycles. The summed E-state index contributed by atoms with van der Waals surface area (Å²) in [6.45, 7) is 0.233. The molecule has 21 heavy (non-hydrogen) atoms. The van der Waals surface area contributed by atoms with Gasteiger partial charge in [0.05, 0.1) is 7.11 Å². The summed E-state index contributed by atoms with van der Waals surface area (Å²) in [5.74, 6) is 1.97. The number of benzene rings is 2. The lowest BCUT2D eigenvalue weighted by atomic mass is 9.92. The van der Waals surface area contributed by atoms with E-state index < -0.39 is 0 Å². The van der Waals surface area contributed by atoms with Gasteiger partial charge < -0.3 is 19.0 Å². The molecule has 108 valence electrons. The normalized spacial score (nSPS) is 13.8. The van der Waals surface area contributed by atoms with Crippen LogP contribution < -0.4 is 14.2 Å². The molecule has 0 spiro atoms. The lowest BCUT2D eigenvalue weighted by molar-refractivity contribution is -0.109. The van der Waals surface area contributed by atoms with E-state index in [1.54, 1.807) is 7.11 Å². The first-order valence-corrected chi connectivity index (χ1v) is 6.78. The van der Waals surface area contributed by atoms with Crippen molar-refractivity contribution in [1.82, 2.24) is 0 Å². The van der Waals surface area contributed by atoms with Gasteiger partial charge in [0.2, 0.25) is 6.79 Å². The zero-order valence-corrected chi connectivity index (χ0v) is 11.7. The van der Waals surface area contributed by atoms with E-state index >= 15 is 0 Å². The van der Waals surface area contributed by atoms with Crippen molar-refractivity contribution in [2.45, 2.75) is 12.3 Å². The molecule has 0 radical (unpaired) electrons. The van der Waals surface area contributed by atoms with Gasteiger partial charge in [0.1, 0.15) is 12.0 Å². The number of methoxy groups -OCH3 is 1. The fraction of sp³-hybridized carbons (Fsp3) is 0.235. The first kappa shape index (κ1) is 13.5. The standard InChI is InChI=1S/C17H16O4/c1-19-15-5-3-2-4-13(15)8-14(10-18)12-6-7-16-17(9-12)21-11-20-16/h2-7,9-10,14H,8,11H2,1H3. The molecule has 4 nitrogen and oxygen atoms in total. The molecule has 1 unspecified atom stereocenters. The molecule has 4 heteroatoms. The maximum absolute atomic E-state index is 11.5. The number of ether oxygens (including phenoxy) is 3. The number of hydrogen-bond acceptors (Lipinski definition) is 4. The van der Waals surface area contributed by atoms with E-state index in [0.29, 0.717) is 12.2 Å². The highest BCUT2D eigenvalue weighted by Crippen LogP contribution is 2.35. The van der Waals surface area contributed by atoms with Crippen LogP contribution in [-0.2, 0) is 11.2 Å². The number of rotatable bonds is 5. The summed E-state index contributed by atoms with van der Waals surface area (Å²) >= 11 is 0. The molecule has 2 aromatic carbocycles. The Labute approximate surface area is 123 Å². The molecule has 0 amide bonds. The second-order valence-corrected chi connectivity index (χ2v) is 4.87. The van der Waals surface area contributed by atoms with Gasteiger partial charge in [-0.05, 0) is 35.7 Å². The van der Waals surface area contributed by atoms with Gasteiger partial charge in [-0.25, -0.2) is 0 Å². The fourth-order valence-corrected chi connectivity index (χ4v) is 2.50. The molecule has 0 fully saturated rings. The first-order chi connectivity index (χ1) is 10.3. The van der Waals surface area contributed by atoms with Gasteiger partial charge >= 0.3 is 0 Å². The van der Waals surface area contributed by atoms with Crippen molar-refractivity contribution >= 4 is 6.29 Å². The van der Waals surface area contributed by atoms with Gasteiger partial charge in [0.15, 0.2) is 11.5 Å². The summed E-state index contributed by atoms with van der Waals surface area (Å²) in [4.78, 5) is 11.5. The smallest absolute Gasteiger partial charge is 0.231 e. The van der Waals surface area contributed by atoms with Crippen molar-refractivity contribution in [2.24, 2.45) is 0 Å². The average Bonchev–Trinajstić information content (AvgIpc) is 3.00. The van der Waals surface area contributed by atoms with E-state index in [4.69, 9.17) is 14.2 Å². The molecule has 3 rings (SSSR count). The molecular weight excluding hydrogens is 268 g/mol. The first-order valence-electron chi connectivity index (χ1n) is 6.78. The number of fused-ring (bicyclic) bond motifs is 1. The molecule has 0 bridgehead atoms. The zero-order chi connectivity index (χ0) is 14.7. The van der Waals surface area contributed by atoms with E-state index in [2.05, 4.69) is 0 Å². The van der Waals surface area contributed by atoms with E-state index in [9.17, 15) is 4.79 Å². The van der Waals surface area contributed by atoms with Crippen molar-refractivity contribution in [3.63, 3.8) is 0 Å². The quantitative estimate of drug-likeness (QED) is 0.792. The fourth-order valence-electron chi connectivity index (χ4n) is 2.50. The van der Waals surface area contributed by atoms with E-state index in [-0.39, 0.29) is 12.7 Å². The third-order valence-corrected chi connectivity index (χ3v) is 3.62. The minimum atomic E-state index is -0.240. The van der Waals surface area contributed by atoms with Crippen molar-refractivity contribution < 1.29 is 19.0 Å². The monoisotopic (exact) mass is 284 g/mol. The van der Waals surface area contributed by atoms with Crippen LogP contribution in [0.5, 0.6) is 17.2 Å². The van der Waals surface area contributed by atoms with Gasteiger partial charge in [0.25, 0.3) is 0 Å². The molecule has 0 aliphatic carbocycles. The van der Waals surface area contributed by atoms with Gasteiger partial charge in [0, 0.05) is 5.92 Å². The van der Waals surface area contributed by atoms with Crippen LogP contribution in [0.15, 0.2) is 42.5 Å². The van der Waals surface area contributed by atoms with Crippen LogP contribution in [0.4, 0.5) is 0 Å². The predicted molar refractivity (Wildman–Crippen MR) is 78.1 cm³/mol. The Morgan fingerprint density at radius 3 is 2.81 bits per heavy atom. The summed E-state index contributed by atoms with van der Waals surface area (Å²) in [7, 11) is 1.63. The molecule has 1 atom stereocenters. The third kappa shape index (κ3) is 2.70. The lowest BCUT2D eigenvalue weighted by Gasteiger charge is -2.14. The van der Waals surface area contributed by atoms with Crippen molar-refractivity contribution in [3.8, 4) is 17.2 Å². The molecule has 1 heterocycles. The molecule has 0 aromatic heterocycles. The number of aldehydes is 1. The lowest BCUT2D eigenvalue weighted by Crippen LogP contribution is -2.05. The van der Waals surface area contributed by atoms with Gasteiger partial charge in [-0.2, -0.15) is 0 Å². The average molecular weight is 284 g/mol. The molecule has 1 aliphatic rings. The highest BCUT2D eigenvalue weighted by atomic mass is 16.7. The molecule has 0 saturated heterocycles. The summed E-state index contributed by atoms with van der Waals surface area (Å²) < 4.78 is 16.0. The van der Waals surface area contributed by atoms with Crippen LogP contribution in [0.3, 0.4) is 0 Å². The summed E-state index contributed by atoms with van der Waals surface area (Å²) in [5, 5.41) is 0. The Morgan fingerprint density at radius 2 is 2.00 bits per heavy atom. The van der Waals surface area contributed by atoms with Crippen LogP contribution in [-0.4, -0.2) is 20.2 Å². The second-order valence-electron chi connectivity index (χ2n) is 4.87. The van der Waals surface area contributed by atoms with Gasteiger partial charge in [-0.1, -0.05) is 24.3 Å². The maximum atomic E-state index is 11.5. The van der Waals surface area contributed by atoms with Crippen molar-refractivity contribution in [1.29, 1.82) is 0 Å². The Bertz CT molecular complexity index is 651. The van der Waals surface area contributed by atoms with E-state index in [0.717, 1.165) is 28.9 Å². The van der Waals surface area contributed by atoms with Gasteiger partial charge in [-0.3, -0.25) is 0 Å². The van der Waals surface area contributed by atoms with Crippen LogP contribution in [0.1, 0.15) is 17.0 Å². The second kappa shape index (κ2) is 5.87. The Balaban J connectivity index is 1.87. The summed E-state index contributed by atoms with van der Waals surface area (Å²) in [5.41, 5.74) is 1.93. The minimum absolute atomic E-state index is 0.233. The molecule has 0 N–H and O–H groups in total. The summed E-state index contributed by atoms with van der Waals surface area (Å²) in [6.07, 6.45) is 1.55. The Kier molecular flexibility index (Phi) is 3.77. The molecule has 1 aliphatic heterocycles. The van der Waals surface area contributed by atoms with Crippen molar-refractivity contribution in [3.05, 3.63) is 53.6 Å². The number of para-hydroxylation sites is 1. The minimum Gasteiger partial charge on any atom is -0.496 e. The van der Waals surface area contributed by atoms with Crippen molar-refractivity contribution in [2.75, 3.05) is 13.9 Å². The number of carbonyl (C=O) groups excluding carboxylic acids is 1. The number of carbonyl (C=O) groups is 1. The van der Waals surface area contributed by atoms with Crippen LogP contribution in [0, 0.1) is 0 Å². The largest absolute Gasteiger partial charge is 0.496 e. The third-order valence-electron chi connectivity index (χ3n) is 3.62. The molecular formula is C17H16O4. The van der Waals surface area contributed by atoms with Crippen LogP contribution >= 0.6 is 0 Å². The van der Waals surface area contributed by atoms with Gasteiger partial charge in [-0.15, -0.1) is 0 Å².